The van der Waals surface area contributed by atoms with Gasteiger partial charge in [-0.25, -0.2) is 0 Å². The van der Waals surface area contributed by atoms with Crippen molar-refractivity contribution in [1.82, 2.24) is 15.1 Å². The van der Waals surface area contributed by atoms with Crippen LogP contribution in [0.4, 0.5) is 5.69 Å². The van der Waals surface area contributed by atoms with Gasteiger partial charge in [-0.1, -0.05) is 30.3 Å². The summed E-state index contributed by atoms with van der Waals surface area (Å²) in [6, 6.07) is 14.6. The summed E-state index contributed by atoms with van der Waals surface area (Å²) < 4.78 is 0. The molecule has 1 amide bonds. The molecule has 0 saturated carbocycles. The van der Waals surface area contributed by atoms with Crippen LogP contribution in [0.1, 0.15) is 35.3 Å². The normalized spacial score (nSPS) is 19.8. The second-order valence-corrected chi connectivity index (χ2v) is 6.60. The van der Waals surface area contributed by atoms with Crippen molar-refractivity contribution in [3.63, 3.8) is 0 Å². The Morgan fingerprint density at radius 1 is 1.27 bits per heavy atom. The third-order valence-corrected chi connectivity index (χ3v) is 5.20. The van der Waals surface area contributed by atoms with Gasteiger partial charge in [-0.3, -0.25) is 20.0 Å². The number of carbonyl (C=O) groups is 1. The second-order valence-electron chi connectivity index (χ2n) is 6.60. The maximum Gasteiger partial charge on any atom is 0.275 e. The Morgan fingerprint density at radius 3 is 2.77 bits per heavy atom. The average molecular weight is 350 g/mol. The Balaban J connectivity index is 1.65. The first-order chi connectivity index (χ1) is 12.6. The maximum absolute atomic E-state index is 13.1. The van der Waals surface area contributed by atoms with E-state index in [1.165, 1.54) is 17.7 Å². The van der Waals surface area contributed by atoms with Crippen molar-refractivity contribution in [2.45, 2.75) is 25.3 Å². The van der Waals surface area contributed by atoms with E-state index in [4.69, 9.17) is 0 Å². The lowest BCUT2D eigenvalue weighted by Gasteiger charge is -2.24. The van der Waals surface area contributed by atoms with Gasteiger partial charge < -0.3 is 4.90 Å². The Kier molecular flexibility index (Phi) is 3.91. The van der Waals surface area contributed by atoms with Crippen molar-refractivity contribution < 1.29 is 9.72 Å². The van der Waals surface area contributed by atoms with Gasteiger partial charge in [0, 0.05) is 36.0 Å². The van der Waals surface area contributed by atoms with Crippen molar-refractivity contribution in [2.24, 2.45) is 0 Å². The molecule has 1 fully saturated rings. The number of H-pyrrole nitrogens is 1. The molecule has 1 aliphatic heterocycles. The van der Waals surface area contributed by atoms with Gasteiger partial charge in [0.05, 0.1) is 10.4 Å². The van der Waals surface area contributed by atoms with Gasteiger partial charge in [0.25, 0.3) is 11.6 Å². The number of carbonyl (C=O) groups excluding carboxylic acids is 1. The van der Waals surface area contributed by atoms with E-state index in [-0.39, 0.29) is 29.2 Å². The molecule has 2 atom stereocenters. The zero-order chi connectivity index (χ0) is 18.3. The van der Waals surface area contributed by atoms with Gasteiger partial charge in [-0.05, 0) is 25.0 Å². The minimum atomic E-state index is -0.468. The number of aromatic nitrogens is 2. The fraction of sp³-hybridized carbons (Fsp3) is 0.263. The van der Waals surface area contributed by atoms with Gasteiger partial charge in [-0.15, -0.1) is 0 Å². The Morgan fingerprint density at radius 2 is 2.04 bits per heavy atom. The summed E-state index contributed by atoms with van der Waals surface area (Å²) in [6.07, 6.45) is 0.888. The lowest BCUT2D eigenvalue weighted by atomic mass is 9.93. The predicted molar refractivity (Wildman–Crippen MR) is 97.0 cm³/mol. The van der Waals surface area contributed by atoms with Crippen LogP contribution in [-0.4, -0.2) is 38.5 Å². The molecule has 4 rings (SSSR count). The number of aromatic amines is 1. The molecule has 0 unspecified atom stereocenters. The molecule has 3 aromatic rings. The molecule has 132 valence electrons. The van der Waals surface area contributed by atoms with Crippen molar-refractivity contribution in [2.75, 3.05) is 6.54 Å². The average Bonchev–Trinajstić information content (AvgIpc) is 3.25. The smallest absolute Gasteiger partial charge is 0.275 e. The molecule has 0 aliphatic carbocycles. The summed E-state index contributed by atoms with van der Waals surface area (Å²) in [6.45, 7) is 2.68. The van der Waals surface area contributed by atoms with E-state index in [1.54, 1.807) is 6.07 Å². The fourth-order valence-corrected chi connectivity index (χ4v) is 3.79. The molecular weight excluding hydrogens is 332 g/mol. The number of nitrogens with one attached hydrogen (secondary N) is 1. The van der Waals surface area contributed by atoms with Crippen LogP contribution in [0.3, 0.4) is 0 Å². The van der Waals surface area contributed by atoms with Gasteiger partial charge in [0.15, 0.2) is 5.69 Å². The number of nitrogens with zero attached hydrogens (tertiary/aromatic N) is 3. The number of fused-ring (bicyclic) bond motifs is 1. The quantitative estimate of drug-likeness (QED) is 0.578. The number of rotatable bonds is 3. The zero-order valence-electron chi connectivity index (χ0n) is 14.3. The number of benzene rings is 2. The van der Waals surface area contributed by atoms with Crippen molar-refractivity contribution in [3.8, 4) is 0 Å². The highest BCUT2D eigenvalue weighted by Gasteiger charge is 2.36. The van der Waals surface area contributed by atoms with Crippen LogP contribution in [0.5, 0.6) is 0 Å². The molecule has 26 heavy (non-hydrogen) atoms. The minimum absolute atomic E-state index is 0.0374. The standard InChI is InChI=1S/C19H18N4O3/c1-12-15(13-5-3-2-4-6-13)9-10-22(12)19(24)18-16-11-14(23(25)26)7-8-17(16)20-21-18/h2-8,11-12,15H,9-10H2,1H3,(H,20,21)/t12-,15+/m1/s1. The monoisotopic (exact) mass is 350 g/mol. The molecule has 7 nitrogen and oxygen atoms in total. The minimum Gasteiger partial charge on any atom is -0.334 e. The first-order valence-corrected chi connectivity index (χ1v) is 8.54. The SMILES string of the molecule is C[C@@H]1[C@@H](c2ccccc2)CCN1C(=O)c1n[nH]c2ccc([N+](=O)[O-])cc12. The van der Waals surface area contributed by atoms with E-state index in [2.05, 4.69) is 22.3 Å². The molecule has 1 aromatic heterocycles. The fourth-order valence-electron chi connectivity index (χ4n) is 3.79. The third kappa shape index (κ3) is 2.61. The topological polar surface area (TPSA) is 92.1 Å². The molecular formula is C19H18N4O3. The van der Waals surface area contributed by atoms with E-state index in [1.807, 2.05) is 30.0 Å². The summed E-state index contributed by atoms with van der Waals surface area (Å²) in [5.74, 6) is 0.0855. The lowest BCUT2D eigenvalue weighted by molar-refractivity contribution is -0.384. The van der Waals surface area contributed by atoms with E-state index >= 15 is 0 Å². The molecule has 0 bridgehead atoms. The van der Waals surface area contributed by atoms with Crippen LogP contribution >= 0.6 is 0 Å². The van der Waals surface area contributed by atoms with Gasteiger partial charge in [0.2, 0.25) is 0 Å². The third-order valence-electron chi connectivity index (χ3n) is 5.20. The molecule has 1 N–H and O–H groups in total. The van der Waals surface area contributed by atoms with Gasteiger partial charge in [-0.2, -0.15) is 5.10 Å². The molecule has 0 radical (unpaired) electrons. The first-order valence-electron chi connectivity index (χ1n) is 8.54. The Labute approximate surface area is 149 Å². The highest BCUT2D eigenvalue weighted by Crippen LogP contribution is 2.34. The summed E-state index contributed by atoms with van der Waals surface area (Å²) in [4.78, 5) is 25.4. The molecule has 1 saturated heterocycles. The summed E-state index contributed by atoms with van der Waals surface area (Å²) in [7, 11) is 0. The van der Waals surface area contributed by atoms with Crippen molar-refractivity contribution >= 4 is 22.5 Å². The summed E-state index contributed by atoms with van der Waals surface area (Å²) in [5.41, 5.74) is 2.03. The predicted octanol–water partition coefficient (Wildman–Crippen LogP) is 3.49. The number of non-ortho nitro benzene ring substituents is 1. The van der Waals surface area contributed by atoms with Crippen LogP contribution in [-0.2, 0) is 0 Å². The van der Waals surface area contributed by atoms with E-state index in [9.17, 15) is 14.9 Å². The van der Waals surface area contributed by atoms with Crippen LogP contribution < -0.4 is 0 Å². The molecule has 2 heterocycles. The highest BCUT2D eigenvalue weighted by atomic mass is 16.6. The number of nitro benzene ring substituents is 1. The number of hydrogen-bond donors (Lipinski definition) is 1. The van der Waals surface area contributed by atoms with Crippen LogP contribution in [0.2, 0.25) is 0 Å². The van der Waals surface area contributed by atoms with Crippen LogP contribution in [0.15, 0.2) is 48.5 Å². The van der Waals surface area contributed by atoms with E-state index < -0.39 is 4.92 Å². The van der Waals surface area contributed by atoms with Crippen LogP contribution in [0.25, 0.3) is 10.9 Å². The Hall–Kier alpha value is -3.22. The summed E-state index contributed by atoms with van der Waals surface area (Å²) >= 11 is 0. The van der Waals surface area contributed by atoms with Crippen LogP contribution in [0, 0.1) is 10.1 Å². The highest BCUT2D eigenvalue weighted by molar-refractivity contribution is 6.05. The molecule has 2 aromatic carbocycles. The lowest BCUT2D eigenvalue weighted by Crippen LogP contribution is -2.35. The van der Waals surface area contributed by atoms with Crippen molar-refractivity contribution in [3.05, 3.63) is 69.9 Å². The number of nitro groups is 1. The number of hydrogen-bond acceptors (Lipinski definition) is 4. The second kappa shape index (κ2) is 6.25. The van der Waals surface area contributed by atoms with Gasteiger partial charge in [0.1, 0.15) is 0 Å². The first kappa shape index (κ1) is 16.3. The maximum atomic E-state index is 13.1. The zero-order valence-corrected chi connectivity index (χ0v) is 14.3. The Bertz CT molecular complexity index is 983. The van der Waals surface area contributed by atoms with Crippen molar-refractivity contribution in [1.29, 1.82) is 0 Å². The molecule has 0 spiro atoms. The number of likely N-dealkylation sites (tertiary alicyclic amines) is 1. The molecule has 7 heteroatoms. The van der Waals surface area contributed by atoms with E-state index in [0.717, 1.165) is 6.42 Å². The van der Waals surface area contributed by atoms with E-state index in [0.29, 0.717) is 17.4 Å². The van der Waals surface area contributed by atoms with Gasteiger partial charge >= 0.3 is 0 Å². The molecule has 1 aliphatic rings. The number of amides is 1. The largest absolute Gasteiger partial charge is 0.334 e. The summed E-state index contributed by atoms with van der Waals surface area (Å²) in [5, 5.41) is 18.5.